The molecule has 1 amide bonds. The fourth-order valence-corrected chi connectivity index (χ4v) is 3.81. The van der Waals surface area contributed by atoms with Crippen molar-refractivity contribution < 1.29 is 9.18 Å². The van der Waals surface area contributed by atoms with Crippen LogP contribution in [0.2, 0.25) is 0 Å². The Bertz CT molecular complexity index is 1070. The normalized spacial score (nSPS) is 10.6. The highest BCUT2D eigenvalue weighted by molar-refractivity contribution is 8.00. The van der Waals surface area contributed by atoms with E-state index in [1.807, 2.05) is 31.2 Å². The number of carbonyl (C=O) groups excluding carboxylic acids is 1. The van der Waals surface area contributed by atoms with E-state index in [1.165, 1.54) is 28.6 Å². The molecule has 1 heterocycles. The average molecular weight is 424 g/mol. The number of anilines is 1. The first-order valence-electron chi connectivity index (χ1n) is 9.48. The van der Waals surface area contributed by atoms with Crippen LogP contribution in [-0.2, 0) is 11.2 Å². The van der Waals surface area contributed by atoms with Crippen LogP contribution in [0.15, 0.2) is 53.4 Å². The molecule has 6 nitrogen and oxygen atoms in total. The Labute approximate surface area is 178 Å². The highest BCUT2D eigenvalue weighted by Gasteiger charge is 2.16. The summed E-state index contributed by atoms with van der Waals surface area (Å²) in [6.45, 7) is 2.49. The number of hydrogen-bond acceptors (Lipinski definition) is 5. The van der Waals surface area contributed by atoms with E-state index < -0.39 is 0 Å². The van der Waals surface area contributed by atoms with Crippen molar-refractivity contribution in [1.82, 2.24) is 15.1 Å². The molecule has 0 aliphatic carbocycles. The van der Waals surface area contributed by atoms with E-state index in [1.54, 1.807) is 12.1 Å². The van der Waals surface area contributed by atoms with E-state index in [4.69, 9.17) is 5.73 Å². The van der Waals surface area contributed by atoms with E-state index in [2.05, 4.69) is 16.5 Å². The minimum atomic E-state index is -0.360. The second-order valence-electron chi connectivity index (χ2n) is 6.71. The van der Waals surface area contributed by atoms with Gasteiger partial charge in [-0.15, -0.1) is 11.8 Å². The van der Waals surface area contributed by atoms with Gasteiger partial charge in [-0.05, 0) is 55.7 Å². The number of carbonyl (C=O) groups is 1. The van der Waals surface area contributed by atoms with Crippen LogP contribution in [0, 0.1) is 24.1 Å². The Balaban J connectivity index is 1.53. The van der Waals surface area contributed by atoms with Crippen molar-refractivity contribution in [3.8, 4) is 11.8 Å². The van der Waals surface area contributed by atoms with E-state index in [0.29, 0.717) is 42.1 Å². The number of hydrogen-bond donors (Lipinski definition) is 2. The number of nitrogens with zero attached hydrogens (tertiary/aromatic N) is 3. The van der Waals surface area contributed by atoms with Gasteiger partial charge in [0.15, 0.2) is 0 Å². The second-order valence-corrected chi connectivity index (χ2v) is 7.73. The SMILES string of the molecule is Cc1ccccc1SCC(=O)NCCCc1nn(-c2ccc(F)cc2)c(N)c1C#N. The number of nitrogen functional groups attached to an aromatic ring is 1. The first-order chi connectivity index (χ1) is 14.5. The second kappa shape index (κ2) is 9.94. The quantitative estimate of drug-likeness (QED) is 0.426. The topological polar surface area (TPSA) is 96.7 Å². The molecular formula is C22H22FN5OS. The molecule has 8 heteroatoms. The van der Waals surface area contributed by atoms with Gasteiger partial charge < -0.3 is 11.1 Å². The number of rotatable bonds is 8. The Kier molecular flexibility index (Phi) is 7.09. The van der Waals surface area contributed by atoms with Gasteiger partial charge in [0.2, 0.25) is 5.91 Å². The fourth-order valence-electron chi connectivity index (χ4n) is 2.95. The first kappa shape index (κ1) is 21.4. The predicted molar refractivity (Wildman–Crippen MR) is 116 cm³/mol. The number of amides is 1. The molecule has 0 fully saturated rings. The van der Waals surface area contributed by atoms with Crippen LogP contribution in [0.25, 0.3) is 5.69 Å². The van der Waals surface area contributed by atoms with Crippen LogP contribution in [0.1, 0.15) is 23.2 Å². The maximum Gasteiger partial charge on any atom is 0.230 e. The number of aromatic nitrogens is 2. The molecule has 0 bridgehead atoms. The Morgan fingerprint density at radius 2 is 2.00 bits per heavy atom. The van der Waals surface area contributed by atoms with Gasteiger partial charge in [-0.1, -0.05) is 18.2 Å². The third kappa shape index (κ3) is 5.19. The molecule has 0 saturated carbocycles. The zero-order valence-corrected chi connectivity index (χ0v) is 17.4. The monoisotopic (exact) mass is 423 g/mol. The maximum atomic E-state index is 13.1. The lowest BCUT2D eigenvalue weighted by atomic mass is 10.1. The molecule has 1 aromatic heterocycles. The summed E-state index contributed by atoms with van der Waals surface area (Å²) in [5.41, 5.74) is 8.65. The molecular weight excluding hydrogens is 401 g/mol. The molecule has 0 saturated heterocycles. The number of halogens is 1. The van der Waals surface area contributed by atoms with Crippen molar-refractivity contribution in [2.75, 3.05) is 18.0 Å². The van der Waals surface area contributed by atoms with Gasteiger partial charge in [0.25, 0.3) is 0 Å². The third-order valence-electron chi connectivity index (χ3n) is 4.54. The highest BCUT2D eigenvalue weighted by atomic mass is 32.2. The van der Waals surface area contributed by atoms with E-state index >= 15 is 0 Å². The number of nitrogens with two attached hydrogens (primary N) is 1. The molecule has 30 heavy (non-hydrogen) atoms. The Morgan fingerprint density at radius 1 is 1.27 bits per heavy atom. The summed E-state index contributed by atoms with van der Waals surface area (Å²) in [4.78, 5) is 13.2. The summed E-state index contributed by atoms with van der Waals surface area (Å²) in [5, 5.41) is 16.7. The predicted octanol–water partition coefficient (Wildman–Crippen LogP) is 3.61. The molecule has 0 aliphatic heterocycles. The van der Waals surface area contributed by atoms with E-state index in [0.717, 1.165) is 10.5 Å². The van der Waals surface area contributed by atoms with Gasteiger partial charge in [-0.2, -0.15) is 10.4 Å². The van der Waals surface area contributed by atoms with Crippen molar-refractivity contribution in [3.63, 3.8) is 0 Å². The first-order valence-corrected chi connectivity index (χ1v) is 10.5. The largest absolute Gasteiger partial charge is 0.382 e. The van der Waals surface area contributed by atoms with Gasteiger partial charge in [-0.25, -0.2) is 9.07 Å². The van der Waals surface area contributed by atoms with Crippen molar-refractivity contribution in [3.05, 3.63) is 71.2 Å². The van der Waals surface area contributed by atoms with Gasteiger partial charge in [0.05, 0.1) is 17.1 Å². The molecule has 0 atom stereocenters. The highest BCUT2D eigenvalue weighted by Crippen LogP contribution is 2.22. The van der Waals surface area contributed by atoms with Crippen LogP contribution in [-0.4, -0.2) is 28.0 Å². The van der Waals surface area contributed by atoms with Crippen molar-refractivity contribution in [2.45, 2.75) is 24.7 Å². The van der Waals surface area contributed by atoms with E-state index in [9.17, 15) is 14.4 Å². The smallest absolute Gasteiger partial charge is 0.230 e. The fraction of sp³-hybridized carbons (Fsp3) is 0.227. The lowest BCUT2D eigenvalue weighted by Crippen LogP contribution is -2.26. The number of aryl methyl sites for hydroxylation is 2. The van der Waals surface area contributed by atoms with Gasteiger partial charge in [0, 0.05) is 11.4 Å². The van der Waals surface area contributed by atoms with Crippen LogP contribution in [0.4, 0.5) is 10.2 Å². The minimum Gasteiger partial charge on any atom is -0.382 e. The van der Waals surface area contributed by atoms with Crippen LogP contribution in [0.5, 0.6) is 0 Å². The Morgan fingerprint density at radius 3 is 2.70 bits per heavy atom. The number of benzene rings is 2. The number of thioether (sulfide) groups is 1. The summed E-state index contributed by atoms with van der Waals surface area (Å²) in [5.74, 6) is 0.167. The summed E-state index contributed by atoms with van der Waals surface area (Å²) in [7, 11) is 0. The zero-order valence-electron chi connectivity index (χ0n) is 16.6. The lowest BCUT2D eigenvalue weighted by molar-refractivity contribution is -0.118. The number of nitriles is 1. The van der Waals surface area contributed by atoms with Gasteiger partial charge >= 0.3 is 0 Å². The van der Waals surface area contributed by atoms with Crippen LogP contribution < -0.4 is 11.1 Å². The van der Waals surface area contributed by atoms with Crippen molar-refractivity contribution in [2.24, 2.45) is 0 Å². The maximum absolute atomic E-state index is 13.1. The summed E-state index contributed by atoms with van der Waals surface area (Å²) < 4.78 is 14.6. The van der Waals surface area contributed by atoms with Gasteiger partial charge in [-0.3, -0.25) is 4.79 Å². The Hall–Kier alpha value is -3.31. The molecule has 154 valence electrons. The zero-order chi connectivity index (χ0) is 21.5. The third-order valence-corrected chi connectivity index (χ3v) is 5.72. The van der Waals surface area contributed by atoms with Gasteiger partial charge in [0.1, 0.15) is 23.3 Å². The molecule has 3 rings (SSSR count). The standard InChI is InChI=1S/C22H22FN5OS/c1-15-5-2-3-7-20(15)30-14-21(29)26-12-4-6-19-18(13-24)22(25)28(27-19)17-10-8-16(23)9-11-17/h2-3,5,7-11H,4,6,12,14,25H2,1H3,(H,26,29). The molecule has 2 aromatic carbocycles. The molecule has 0 spiro atoms. The lowest BCUT2D eigenvalue weighted by Gasteiger charge is -2.06. The van der Waals surface area contributed by atoms with Crippen LogP contribution in [0.3, 0.4) is 0 Å². The molecule has 0 radical (unpaired) electrons. The molecule has 0 unspecified atom stereocenters. The van der Waals surface area contributed by atoms with Crippen molar-refractivity contribution >= 4 is 23.5 Å². The molecule has 3 aromatic rings. The number of nitrogens with one attached hydrogen (secondary N) is 1. The van der Waals surface area contributed by atoms with Crippen molar-refractivity contribution in [1.29, 1.82) is 5.26 Å². The summed E-state index contributed by atoms with van der Waals surface area (Å²) in [6.07, 6.45) is 1.11. The summed E-state index contributed by atoms with van der Waals surface area (Å²) >= 11 is 1.51. The summed E-state index contributed by atoms with van der Waals surface area (Å²) in [6, 6.07) is 15.8. The molecule has 0 aliphatic rings. The van der Waals surface area contributed by atoms with E-state index in [-0.39, 0.29) is 17.5 Å². The molecule has 3 N–H and O–H groups in total. The van der Waals surface area contributed by atoms with Crippen LogP contribution >= 0.6 is 11.8 Å². The average Bonchev–Trinajstić information content (AvgIpc) is 3.06. The minimum absolute atomic E-state index is 0.0416.